The number of benzene rings is 1. The van der Waals surface area contributed by atoms with Crippen molar-refractivity contribution in [2.45, 2.75) is 39.2 Å². The van der Waals surface area contributed by atoms with Gasteiger partial charge in [0.15, 0.2) is 0 Å². The molecule has 2 rings (SSSR count). The summed E-state index contributed by atoms with van der Waals surface area (Å²) in [6.45, 7) is 5.55. The second-order valence-electron chi connectivity index (χ2n) is 4.44. The molecule has 0 aliphatic heterocycles. The summed E-state index contributed by atoms with van der Waals surface area (Å²) in [7, 11) is 0. The van der Waals surface area contributed by atoms with Crippen molar-refractivity contribution in [3.05, 3.63) is 27.3 Å². The third-order valence-electron chi connectivity index (χ3n) is 3.38. The van der Waals surface area contributed by atoms with E-state index in [1.54, 1.807) is 0 Å². The summed E-state index contributed by atoms with van der Waals surface area (Å²) in [5.41, 5.74) is 2.24. The summed E-state index contributed by atoms with van der Waals surface area (Å²) in [5, 5.41) is 20.8. The van der Waals surface area contributed by atoms with Crippen molar-refractivity contribution < 1.29 is 10.2 Å². The van der Waals surface area contributed by atoms with Crippen LogP contribution in [-0.2, 0) is 5.60 Å². The maximum absolute atomic E-state index is 10.1. The van der Waals surface area contributed by atoms with Crippen molar-refractivity contribution in [1.82, 2.24) is 0 Å². The number of halogens is 1. The van der Waals surface area contributed by atoms with Crippen molar-refractivity contribution >= 4 is 11.6 Å². The molecule has 0 amide bonds. The van der Waals surface area contributed by atoms with Crippen LogP contribution in [0.3, 0.4) is 0 Å². The van der Waals surface area contributed by atoms with Gasteiger partial charge in [0.25, 0.3) is 0 Å². The Morgan fingerprint density at radius 1 is 1.07 bits per heavy atom. The zero-order chi connectivity index (χ0) is 11.4. The Morgan fingerprint density at radius 3 is 2.07 bits per heavy atom. The molecule has 1 aliphatic carbocycles. The molecular formula is C12H15ClO2. The number of aromatic hydroxyl groups is 1. The van der Waals surface area contributed by atoms with Crippen molar-refractivity contribution in [2.24, 2.45) is 0 Å². The molecule has 3 heteroatoms. The fraction of sp³-hybridized carbons (Fsp3) is 0.500. The zero-order valence-electron chi connectivity index (χ0n) is 9.19. The molecular weight excluding hydrogens is 212 g/mol. The molecule has 0 spiro atoms. The fourth-order valence-electron chi connectivity index (χ4n) is 2.04. The average molecular weight is 227 g/mol. The van der Waals surface area contributed by atoms with Gasteiger partial charge in [0, 0.05) is 10.6 Å². The van der Waals surface area contributed by atoms with E-state index < -0.39 is 5.60 Å². The minimum atomic E-state index is -0.837. The van der Waals surface area contributed by atoms with Crippen LogP contribution in [0.4, 0.5) is 0 Å². The van der Waals surface area contributed by atoms with E-state index in [2.05, 4.69) is 0 Å². The van der Waals surface area contributed by atoms with E-state index in [0.29, 0.717) is 23.4 Å². The Balaban J connectivity index is 2.74. The van der Waals surface area contributed by atoms with Crippen LogP contribution in [0.2, 0.25) is 5.02 Å². The van der Waals surface area contributed by atoms with Crippen LogP contribution >= 0.6 is 11.6 Å². The molecule has 0 aromatic heterocycles. The van der Waals surface area contributed by atoms with E-state index in [4.69, 9.17) is 11.6 Å². The topological polar surface area (TPSA) is 40.5 Å². The lowest BCUT2D eigenvalue weighted by atomic mass is 9.94. The molecule has 1 saturated carbocycles. The monoisotopic (exact) mass is 226 g/mol. The number of phenols is 1. The van der Waals surface area contributed by atoms with E-state index in [1.807, 2.05) is 20.8 Å². The third-order valence-corrected chi connectivity index (χ3v) is 3.94. The first-order chi connectivity index (χ1) is 6.88. The van der Waals surface area contributed by atoms with Crippen molar-refractivity contribution in [2.75, 3.05) is 0 Å². The summed E-state index contributed by atoms with van der Waals surface area (Å²) >= 11 is 6.17. The van der Waals surface area contributed by atoms with Gasteiger partial charge in [-0.2, -0.15) is 0 Å². The van der Waals surface area contributed by atoms with Gasteiger partial charge < -0.3 is 10.2 Å². The van der Waals surface area contributed by atoms with Gasteiger partial charge in [-0.3, -0.25) is 0 Å². The first kappa shape index (κ1) is 10.8. The highest BCUT2D eigenvalue weighted by molar-refractivity contribution is 6.32. The van der Waals surface area contributed by atoms with E-state index in [9.17, 15) is 10.2 Å². The van der Waals surface area contributed by atoms with Gasteiger partial charge in [0.2, 0.25) is 0 Å². The predicted octanol–water partition coefficient (Wildman–Crippen LogP) is 2.95. The molecule has 1 fully saturated rings. The molecule has 0 saturated heterocycles. The average Bonchev–Trinajstić information content (AvgIpc) is 2.91. The van der Waals surface area contributed by atoms with Crippen molar-refractivity contribution in [3.63, 3.8) is 0 Å². The molecule has 1 aromatic rings. The minimum Gasteiger partial charge on any atom is -0.507 e. The Bertz CT molecular complexity index is 405. The van der Waals surface area contributed by atoms with Gasteiger partial charge in [-0.25, -0.2) is 0 Å². The third kappa shape index (κ3) is 1.44. The minimum absolute atomic E-state index is 0.203. The first-order valence-electron chi connectivity index (χ1n) is 5.09. The highest BCUT2D eigenvalue weighted by Gasteiger charge is 2.46. The predicted molar refractivity (Wildman–Crippen MR) is 60.5 cm³/mol. The van der Waals surface area contributed by atoms with Gasteiger partial charge in [-0.1, -0.05) is 11.6 Å². The standard InChI is InChI=1S/C12H15ClO2/c1-6-7(2)11(14)9(8(3)10(6)13)12(15)4-5-12/h14-15H,4-5H2,1-3H3. The molecule has 2 nitrogen and oxygen atoms in total. The summed E-state index contributed by atoms with van der Waals surface area (Å²) in [5.74, 6) is 0.203. The Kier molecular flexibility index (Phi) is 2.25. The summed E-state index contributed by atoms with van der Waals surface area (Å²) in [6.07, 6.45) is 1.42. The maximum Gasteiger partial charge on any atom is 0.125 e. The highest BCUT2D eigenvalue weighted by Crippen LogP contribution is 2.52. The van der Waals surface area contributed by atoms with Gasteiger partial charge in [0.05, 0.1) is 5.60 Å². The second kappa shape index (κ2) is 3.13. The molecule has 1 aromatic carbocycles. The molecule has 2 N–H and O–H groups in total. The first-order valence-corrected chi connectivity index (χ1v) is 5.47. The smallest absolute Gasteiger partial charge is 0.125 e. The number of phenolic OH excluding ortho intramolecular Hbond substituents is 1. The van der Waals surface area contributed by atoms with E-state index in [-0.39, 0.29) is 5.75 Å². The Morgan fingerprint density at radius 2 is 1.60 bits per heavy atom. The summed E-state index contributed by atoms with van der Waals surface area (Å²) in [6, 6.07) is 0. The van der Waals surface area contributed by atoms with Crippen molar-refractivity contribution in [1.29, 1.82) is 0 Å². The van der Waals surface area contributed by atoms with Crippen molar-refractivity contribution in [3.8, 4) is 5.75 Å². The highest BCUT2D eigenvalue weighted by atomic mass is 35.5. The van der Waals surface area contributed by atoms with Crippen LogP contribution in [0.1, 0.15) is 35.1 Å². The molecule has 0 bridgehead atoms. The number of hydrogen-bond donors (Lipinski definition) is 2. The molecule has 0 radical (unpaired) electrons. The van der Waals surface area contributed by atoms with Gasteiger partial charge in [-0.05, 0) is 50.3 Å². The van der Waals surface area contributed by atoms with Gasteiger partial charge in [0.1, 0.15) is 5.75 Å². The normalized spacial score (nSPS) is 17.9. The van der Waals surface area contributed by atoms with Gasteiger partial charge >= 0.3 is 0 Å². The molecule has 0 atom stereocenters. The molecule has 82 valence electrons. The van der Waals surface area contributed by atoms with Crippen LogP contribution < -0.4 is 0 Å². The summed E-state index contributed by atoms with van der Waals surface area (Å²) < 4.78 is 0. The lowest BCUT2D eigenvalue weighted by Gasteiger charge is -2.19. The Labute approximate surface area is 94.5 Å². The van der Waals surface area contributed by atoms with E-state index >= 15 is 0 Å². The number of aliphatic hydroxyl groups is 1. The number of hydrogen-bond acceptors (Lipinski definition) is 2. The second-order valence-corrected chi connectivity index (χ2v) is 4.82. The van der Waals surface area contributed by atoms with Gasteiger partial charge in [-0.15, -0.1) is 0 Å². The lowest BCUT2D eigenvalue weighted by molar-refractivity contribution is 0.147. The van der Waals surface area contributed by atoms with Crippen LogP contribution in [0.15, 0.2) is 0 Å². The quantitative estimate of drug-likeness (QED) is 0.773. The van der Waals surface area contributed by atoms with E-state index in [0.717, 1.165) is 16.7 Å². The lowest BCUT2D eigenvalue weighted by Crippen LogP contribution is -2.09. The molecule has 15 heavy (non-hydrogen) atoms. The fourth-order valence-corrected chi connectivity index (χ4v) is 2.27. The van der Waals surface area contributed by atoms with E-state index in [1.165, 1.54) is 0 Å². The van der Waals surface area contributed by atoms with Crippen LogP contribution in [0.25, 0.3) is 0 Å². The van der Waals surface area contributed by atoms with Crippen LogP contribution in [0, 0.1) is 20.8 Å². The van der Waals surface area contributed by atoms with Crippen LogP contribution in [0.5, 0.6) is 5.75 Å². The SMILES string of the molecule is Cc1c(C)c(Cl)c(C)c(C2(O)CC2)c1O. The molecule has 0 unspecified atom stereocenters. The molecule has 1 aliphatic rings. The largest absolute Gasteiger partial charge is 0.507 e. The molecule has 0 heterocycles. The summed E-state index contributed by atoms with van der Waals surface area (Å²) in [4.78, 5) is 0. The number of rotatable bonds is 1. The zero-order valence-corrected chi connectivity index (χ0v) is 9.94. The van der Waals surface area contributed by atoms with Crippen LogP contribution in [-0.4, -0.2) is 10.2 Å². The maximum atomic E-state index is 10.1. The Hall–Kier alpha value is -0.730.